The first-order valence-electron chi connectivity index (χ1n) is 6.17. The SMILES string of the molecule is CC(C)CNCC(C)(O)Cc1cc(Br)ccc1F. The Bertz CT molecular complexity index is 393. The van der Waals surface area contributed by atoms with Crippen LogP contribution in [0.25, 0.3) is 0 Å². The predicted octanol–water partition coefficient (Wildman–Crippen LogP) is 3.13. The molecule has 18 heavy (non-hydrogen) atoms. The van der Waals surface area contributed by atoms with Gasteiger partial charge < -0.3 is 10.4 Å². The first-order valence-corrected chi connectivity index (χ1v) is 6.96. The van der Waals surface area contributed by atoms with Crippen molar-refractivity contribution in [1.82, 2.24) is 5.32 Å². The van der Waals surface area contributed by atoms with Crippen LogP contribution in [-0.4, -0.2) is 23.8 Å². The van der Waals surface area contributed by atoms with E-state index in [0.717, 1.165) is 11.0 Å². The fourth-order valence-corrected chi connectivity index (χ4v) is 2.19. The molecule has 1 rings (SSSR count). The van der Waals surface area contributed by atoms with Gasteiger partial charge in [0, 0.05) is 17.4 Å². The third-order valence-corrected chi connectivity index (χ3v) is 3.13. The van der Waals surface area contributed by atoms with Crippen LogP contribution in [0.2, 0.25) is 0 Å². The van der Waals surface area contributed by atoms with Crippen molar-refractivity contribution in [3.8, 4) is 0 Å². The van der Waals surface area contributed by atoms with Gasteiger partial charge in [0.2, 0.25) is 0 Å². The van der Waals surface area contributed by atoms with E-state index in [4.69, 9.17) is 0 Å². The highest BCUT2D eigenvalue weighted by atomic mass is 79.9. The second-order valence-corrected chi connectivity index (χ2v) is 6.35. The van der Waals surface area contributed by atoms with Crippen molar-refractivity contribution in [3.05, 3.63) is 34.1 Å². The second-order valence-electron chi connectivity index (χ2n) is 5.43. The number of hydrogen-bond acceptors (Lipinski definition) is 2. The number of halogens is 2. The van der Waals surface area contributed by atoms with Crippen molar-refractivity contribution in [1.29, 1.82) is 0 Å². The van der Waals surface area contributed by atoms with Gasteiger partial charge in [-0.3, -0.25) is 0 Å². The maximum Gasteiger partial charge on any atom is 0.126 e. The van der Waals surface area contributed by atoms with Crippen LogP contribution in [0.4, 0.5) is 4.39 Å². The zero-order valence-corrected chi connectivity index (χ0v) is 12.7. The van der Waals surface area contributed by atoms with Crippen LogP contribution in [0.3, 0.4) is 0 Å². The first-order chi connectivity index (χ1) is 8.30. The van der Waals surface area contributed by atoms with E-state index in [1.807, 2.05) is 0 Å². The van der Waals surface area contributed by atoms with Gasteiger partial charge in [0.05, 0.1) is 5.60 Å². The van der Waals surface area contributed by atoms with Gasteiger partial charge in [0.25, 0.3) is 0 Å². The largest absolute Gasteiger partial charge is 0.389 e. The van der Waals surface area contributed by atoms with Gasteiger partial charge in [-0.1, -0.05) is 29.8 Å². The van der Waals surface area contributed by atoms with Gasteiger partial charge in [-0.05, 0) is 43.1 Å². The Morgan fingerprint density at radius 1 is 1.44 bits per heavy atom. The molecular formula is C14H21BrFNO. The Morgan fingerprint density at radius 2 is 2.11 bits per heavy atom. The van der Waals surface area contributed by atoms with Crippen LogP contribution < -0.4 is 5.32 Å². The summed E-state index contributed by atoms with van der Waals surface area (Å²) in [7, 11) is 0. The Morgan fingerprint density at radius 3 is 2.72 bits per heavy atom. The summed E-state index contributed by atoms with van der Waals surface area (Å²) in [5.41, 5.74) is -0.419. The summed E-state index contributed by atoms with van der Waals surface area (Å²) in [5.74, 6) is 0.255. The Hall–Kier alpha value is -0.450. The molecule has 1 aromatic carbocycles. The molecule has 4 heteroatoms. The summed E-state index contributed by atoms with van der Waals surface area (Å²) in [6.07, 6.45) is 0.295. The first kappa shape index (κ1) is 15.6. The Kier molecular flexibility index (Phi) is 5.76. The molecule has 0 spiro atoms. The number of hydrogen-bond donors (Lipinski definition) is 2. The van der Waals surface area contributed by atoms with Gasteiger partial charge in [-0.2, -0.15) is 0 Å². The van der Waals surface area contributed by atoms with E-state index in [-0.39, 0.29) is 5.82 Å². The maximum absolute atomic E-state index is 13.6. The molecule has 0 saturated carbocycles. The maximum atomic E-state index is 13.6. The van der Waals surface area contributed by atoms with Gasteiger partial charge in [0.15, 0.2) is 0 Å². The highest BCUT2D eigenvalue weighted by Gasteiger charge is 2.22. The van der Waals surface area contributed by atoms with Crippen molar-refractivity contribution in [2.45, 2.75) is 32.8 Å². The second kappa shape index (κ2) is 6.64. The molecule has 1 aromatic rings. The average Bonchev–Trinajstić information content (AvgIpc) is 2.22. The minimum Gasteiger partial charge on any atom is -0.389 e. The molecule has 0 aliphatic carbocycles. The van der Waals surface area contributed by atoms with Crippen molar-refractivity contribution in [2.75, 3.05) is 13.1 Å². The normalized spacial score (nSPS) is 14.8. The molecule has 102 valence electrons. The summed E-state index contributed by atoms with van der Waals surface area (Å²) < 4.78 is 14.4. The lowest BCUT2D eigenvalue weighted by Crippen LogP contribution is -2.41. The molecule has 0 amide bonds. The standard InChI is InChI=1S/C14H21BrFNO/c1-10(2)8-17-9-14(3,18)7-11-6-12(15)4-5-13(11)16/h4-6,10,17-18H,7-9H2,1-3H3. The van der Waals surface area contributed by atoms with Crippen LogP contribution >= 0.6 is 15.9 Å². The number of aliphatic hydroxyl groups is 1. The number of rotatable bonds is 6. The lowest BCUT2D eigenvalue weighted by Gasteiger charge is -2.24. The quantitative estimate of drug-likeness (QED) is 0.845. The highest BCUT2D eigenvalue weighted by Crippen LogP contribution is 2.20. The van der Waals surface area contributed by atoms with Crippen LogP contribution in [0, 0.1) is 11.7 Å². The van der Waals surface area contributed by atoms with Crippen LogP contribution in [0.1, 0.15) is 26.3 Å². The summed E-state index contributed by atoms with van der Waals surface area (Å²) in [6.45, 7) is 7.24. The third-order valence-electron chi connectivity index (χ3n) is 2.64. The highest BCUT2D eigenvalue weighted by molar-refractivity contribution is 9.10. The molecule has 0 aliphatic heterocycles. The van der Waals surface area contributed by atoms with E-state index >= 15 is 0 Å². The smallest absolute Gasteiger partial charge is 0.126 e. The molecule has 1 unspecified atom stereocenters. The van der Waals surface area contributed by atoms with Gasteiger partial charge in [-0.25, -0.2) is 4.39 Å². The van der Waals surface area contributed by atoms with Crippen LogP contribution in [0.15, 0.2) is 22.7 Å². The molecule has 0 aliphatic rings. The minimum absolute atomic E-state index is 0.276. The van der Waals surface area contributed by atoms with Gasteiger partial charge >= 0.3 is 0 Å². The zero-order chi connectivity index (χ0) is 13.8. The summed E-state index contributed by atoms with van der Waals surface area (Å²) in [6, 6.07) is 4.79. The molecule has 0 heterocycles. The Balaban J connectivity index is 2.61. The van der Waals surface area contributed by atoms with Gasteiger partial charge in [-0.15, -0.1) is 0 Å². The number of nitrogens with one attached hydrogen (secondary N) is 1. The fourth-order valence-electron chi connectivity index (χ4n) is 1.78. The van der Waals surface area contributed by atoms with E-state index in [0.29, 0.717) is 24.4 Å². The van der Waals surface area contributed by atoms with Crippen LogP contribution in [-0.2, 0) is 6.42 Å². The summed E-state index contributed by atoms with van der Waals surface area (Å²) >= 11 is 3.31. The van der Waals surface area contributed by atoms with E-state index in [1.54, 1.807) is 19.1 Å². The molecule has 0 aromatic heterocycles. The lowest BCUT2D eigenvalue weighted by molar-refractivity contribution is 0.0587. The molecular weight excluding hydrogens is 297 g/mol. The number of benzene rings is 1. The molecule has 0 radical (unpaired) electrons. The van der Waals surface area contributed by atoms with E-state index in [9.17, 15) is 9.50 Å². The van der Waals surface area contributed by atoms with E-state index < -0.39 is 5.60 Å². The van der Waals surface area contributed by atoms with Crippen molar-refractivity contribution < 1.29 is 9.50 Å². The predicted molar refractivity (Wildman–Crippen MR) is 76.1 cm³/mol. The van der Waals surface area contributed by atoms with Crippen molar-refractivity contribution in [3.63, 3.8) is 0 Å². The van der Waals surface area contributed by atoms with Crippen molar-refractivity contribution in [2.24, 2.45) is 5.92 Å². The van der Waals surface area contributed by atoms with E-state index in [2.05, 4.69) is 35.1 Å². The topological polar surface area (TPSA) is 32.3 Å². The molecule has 1 atom stereocenters. The molecule has 0 saturated heterocycles. The minimum atomic E-state index is -0.948. The summed E-state index contributed by atoms with van der Waals surface area (Å²) in [4.78, 5) is 0. The monoisotopic (exact) mass is 317 g/mol. The van der Waals surface area contributed by atoms with Gasteiger partial charge in [0.1, 0.15) is 5.82 Å². The Labute approximate surface area is 117 Å². The van der Waals surface area contributed by atoms with Crippen LogP contribution in [0.5, 0.6) is 0 Å². The zero-order valence-electron chi connectivity index (χ0n) is 11.1. The third kappa shape index (κ3) is 5.46. The molecule has 0 bridgehead atoms. The van der Waals surface area contributed by atoms with E-state index in [1.165, 1.54) is 6.07 Å². The fraction of sp³-hybridized carbons (Fsp3) is 0.571. The molecule has 0 fully saturated rings. The summed E-state index contributed by atoms with van der Waals surface area (Å²) in [5, 5.41) is 13.4. The van der Waals surface area contributed by atoms with Crippen molar-refractivity contribution >= 4 is 15.9 Å². The molecule has 2 nitrogen and oxygen atoms in total. The lowest BCUT2D eigenvalue weighted by atomic mass is 9.96. The molecule has 2 N–H and O–H groups in total. The average molecular weight is 318 g/mol.